The van der Waals surface area contributed by atoms with Crippen LogP contribution in [0.25, 0.3) is 0 Å². The van der Waals surface area contributed by atoms with E-state index in [1.54, 1.807) is 0 Å². The average Bonchev–Trinajstić information content (AvgIpc) is 3.36. The molecule has 1 N–H and O–H groups in total. The molecule has 0 aromatic heterocycles. The van der Waals surface area contributed by atoms with Crippen molar-refractivity contribution in [3.63, 3.8) is 0 Å². The van der Waals surface area contributed by atoms with Gasteiger partial charge in [0.25, 0.3) is 0 Å². The molecule has 0 spiro atoms. The molecule has 220 valence electrons. The highest BCUT2D eigenvalue weighted by Gasteiger charge is 2.70. The highest BCUT2D eigenvalue weighted by molar-refractivity contribution is 6.74. The molecule has 2 bridgehead atoms. The zero-order valence-corrected chi connectivity index (χ0v) is 27.0. The Morgan fingerprint density at radius 2 is 1.53 bits per heavy atom. The quantitative estimate of drug-likeness (QED) is 0.466. The summed E-state index contributed by atoms with van der Waals surface area (Å²) in [7, 11) is -2.14. The maximum Gasteiger partial charge on any atom is 0.192 e. The number of Topliss-reactive ketones (excluding diaryl/α,β-unsaturated/α-hetero) is 1. The Balaban J connectivity index is 1.59. The minimum absolute atomic E-state index is 0.0101. The van der Waals surface area contributed by atoms with Gasteiger partial charge in [-0.25, -0.2) is 0 Å². The van der Waals surface area contributed by atoms with Crippen LogP contribution in [0.15, 0.2) is 0 Å². The molecule has 0 aliphatic carbocycles. The molecule has 9 heteroatoms. The first-order valence-corrected chi connectivity index (χ1v) is 17.2. The van der Waals surface area contributed by atoms with E-state index in [0.29, 0.717) is 0 Å². The summed E-state index contributed by atoms with van der Waals surface area (Å²) in [5.41, 5.74) is -1.98. The summed E-state index contributed by atoms with van der Waals surface area (Å²) in [6.07, 6.45) is -2.93. The SMILES string of the molecule is C[C@H]([C@@H](O)[C@@H]1C(=O)[C@]2(C)O[C@H]1[C@H](C)[C@H]2O[Si](C)(C)C(C)(C)C)[C@@H]1OC(C)(C)O[C@]1(C)[C@@H]1OC(C)(C)O[C@@H]1C. The zero-order valence-electron chi connectivity index (χ0n) is 26.0. The second-order valence-electron chi connectivity index (χ2n) is 15.1. The lowest BCUT2D eigenvalue weighted by molar-refractivity contribution is -0.200. The van der Waals surface area contributed by atoms with E-state index < -0.39 is 67.3 Å². The van der Waals surface area contributed by atoms with Crippen LogP contribution in [-0.2, 0) is 32.9 Å². The third kappa shape index (κ3) is 4.67. The number of hydrogen-bond acceptors (Lipinski definition) is 8. The predicted octanol–water partition coefficient (Wildman–Crippen LogP) is 4.82. The number of ether oxygens (including phenoxy) is 5. The molecular formula is C29H52O8Si. The van der Waals surface area contributed by atoms with E-state index in [9.17, 15) is 9.90 Å². The van der Waals surface area contributed by atoms with Gasteiger partial charge in [-0.1, -0.05) is 34.6 Å². The number of aliphatic hydroxyl groups excluding tert-OH is 1. The van der Waals surface area contributed by atoms with E-state index in [4.69, 9.17) is 28.1 Å². The Hall–Kier alpha value is -0.393. The summed E-state index contributed by atoms with van der Waals surface area (Å²) < 4.78 is 38.5. The van der Waals surface area contributed by atoms with Gasteiger partial charge in [-0.05, 0) is 66.6 Å². The summed E-state index contributed by atoms with van der Waals surface area (Å²) in [6, 6.07) is 0. The molecule has 0 radical (unpaired) electrons. The third-order valence-electron chi connectivity index (χ3n) is 9.99. The Kier molecular flexibility index (Phi) is 7.28. The maximum atomic E-state index is 14.0. The number of carbonyl (C=O) groups is 1. The lowest BCUT2D eigenvalue weighted by atomic mass is 9.68. The van der Waals surface area contributed by atoms with Gasteiger partial charge >= 0.3 is 0 Å². The van der Waals surface area contributed by atoms with Gasteiger partial charge in [-0.3, -0.25) is 4.79 Å². The first-order valence-electron chi connectivity index (χ1n) is 14.3. The van der Waals surface area contributed by atoms with Gasteiger partial charge in [0.2, 0.25) is 0 Å². The van der Waals surface area contributed by atoms with Crippen LogP contribution in [-0.4, -0.2) is 78.6 Å². The molecule has 8 nitrogen and oxygen atoms in total. The van der Waals surface area contributed by atoms with Crippen LogP contribution in [0.4, 0.5) is 0 Å². The Morgan fingerprint density at radius 3 is 2.03 bits per heavy atom. The summed E-state index contributed by atoms with van der Waals surface area (Å²) in [4.78, 5) is 14.0. The van der Waals surface area contributed by atoms with E-state index in [2.05, 4.69) is 40.8 Å². The molecule has 0 unspecified atom stereocenters. The molecule has 0 amide bonds. The average molecular weight is 557 g/mol. The molecule has 4 aliphatic heterocycles. The molecule has 0 aromatic carbocycles. The smallest absolute Gasteiger partial charge is 0.192 e. The highest BCUT2D eigenvalue weighted by Crippen LogP contribution is 2.55. The Morgan fingerprint density at radius 1 is 0.947 bits per heavy atom. The van der Waals surface area contributed by atoms with Crippen molar-refractivity contribution in [3.05, 3.63) is 0 Å². The zero-order chi connectivity index (χ0) is 29.0. The lowest BCUT2D eigenvalue weighted by Gasteiger charge is -2.45. The minimum atomic E-state index is -2.14. The molecule has 4 rings (SSSR count). The lowest BCUT2D eigenvalue weighted by Crippen LogP contribution is -2.60. The summed E-state index contributed by atoms with van der Waals surface area (Å²) >= 11 is 0. The fourth-order valence-corrected chi connectivity index (χ4v) is 8.61. The van der Waals surface area contributed by atoms with Crippen LogP contribution in [0.2, 0.25) is 18.1 Å². The molecule has 4 aliphatic rings. The molecule has 4 heterocycles. The monoisotopic (exact) mass is 556 g/mol. The normalized spacial score (nSPS) is 46.1. The second-order valence-corrected chi connectivity index (χ2v) is 19.8. The van der Waals surface area contributed by atoms with E-state index >= 15 is 0 Å². The van der Waals surface area contributed by atoms with Crippen molar-refractivity contribution in [3.8, 4) is 0 Å². The van der Waals surface area contributed by atoms with Crippen LogP contribution in [0.3, 0.4) is 0 Å². The van der Waals surface area contributed by atoms with Crippen molar-refractivity contribution < 1.29 is 38.0 Å². The predicted molar refractivity (Wildman–Crippen MR) is 146 cm³/mol. The molecule has 4 saturated heterocycles. The third-order valence-corrected chi connectivity index (χ3v) is 14.4. The van der Waals surface area contributed by atoms with Crippen molar-refractivity contribution in [2.45, 2.75) is 161 Å². The molecule has 4 fully saturated rings. The van der Waals surface area contributed by atoms with Crippen molar-refractivity contribution in [1.82, 2.24) is 0 Å². The van der Waals surface area contributed by atoms with Gasteiger partial charge in [-0.2, -0.15) is 0 Å². The topological polar surface area (TPSA) is 92.7 Å². The number of hydrogen-bond donors (Lipinski definition) is 1. The first-order chi connectivity index (χ1) is 17.0. The summed E-state index contributed by atoms with van der Waals surface area (Å²) in [6.45, 7) is 28.3. The number of carbonyl (C=O) groups excluding carboxylic acids is 1. The first kappa shape index (κ1) is 30.6. The van der Waals surface area contributed by atoms with Gasteiger partial charge in [0, 0.05) is 11.8 Å². The molecule has 0 saturated carbocycles. The summed E-state index contributed by atoms with van der Waals surface area (Å²) in [5, 5.41) is 11.8. The minimum Gasteiger partial charge on any atom is -0.410 e. The van der Waals surface area contributed by atoms with E-state index in [0.717, 1.165) is 0 Å². The number of fused-ring (bicyclic) bond motifs is 2. The molecular weight excluding hydrogens is 504 g/mol. The molecule has 11 atom stereocenters. The van der Waals surface area contributed by atoms with Crippen LogP contribution >= 0.6 is 0 Å². The van der Waals surface area contributed by atoms with E-state index in [-0.39, 0.29) is 28.9 Å². The van der Waals surface area contributed by atoms with Crippen LogP contribution < -0.4 is 0 Å². The number of rotatable bonds is 6. The van der Waals surface area contributed by atoms with Crippen molar-refractivity contribution in [2.24, 2.45) is 17.8 Å². The van der Waals surface area contributed by atoms with Crippen LogP contribution in [0.5, 0.6) is 0 Å². The van der Waals surface area contributed by atoms with Gasteiger partial charge in [0.1, 0.15) is 17.3 Å². The Labute approximate surface area is 230 Å². The van der Waals surface area contributed by atoms with Gasteiger partial charge in [0.15, 0.2) is 25.7 Å². The molecule has 38 heavy (non-hydrogen) atoms. The van der Waals surface area contributed by atoms with Crippen molar-refractivity contribution >= 4 is 14.1 Å². The molecule has 0 aromatic rings. The van der Waals surface area contributed by atoms with Crippen LogP contribution in [0, 0.1) is 17.8 Å². The number of aliphatic hydroxyl groups is 1. The largest absolute Gasteiger partial charge is 0.410 e. The maximum absolute atomic E-state index is 14.0. The highest BCUT2D eigenvalue weighted by atomic mass is 28.4. The fraction of sp³-hybridized carbons (Fsp3) is 0.966. The van der Waals surface area contributed by atoms with Crippen molar-refractivity contribution in [1.29, 1.82) is 0 Å². The number of ketones is 1. The summed E-state index contributed by atoms with van der Waals surface area (Å²) in [5.74, 6) is -2.87. The Bertz CT molecular complexity index is 943. The van der Waals surface area contributed by atoms with Gasteiger partial charge in [0.05, 0.1) is 36.4 Å². The van der Waals surface area contributed by atoms with E-state index in [1.807, 2.05) is 55.4 Å². The van der Waals surface area contributed by atoms with Gasteiger partial charge < -0.3 is 33.2 Å². The van der Waals surface area contributed by atoms with E-state index in [1.165, 1.54) is 0 Å². The fourth-order valence-electron chi connectivity index (χ4n) is 7.18. The standard InChI is InChI=1S/C29H52O8Si/c1-15(22-29(12,37-27(9,10)34-22)24-17(3)32-26(7,8)35-24)19(30)18-20-16(2)23(28(11,33-20)21(18)31)36-38(13,14)25(4,5)6/h15-20,22-24,30H,1-14H3/t15-,16+,17-,18+,19-,20+,22+,23-,24-,28+,29+/m1/s1. The van der Waals surface area contributed by atoms with Crippen molar-refractivity contribution in [2.75, 3.05) is 0 Å². The second kappa shape index (κ2) is 9.05. The van der Waals surface area contributed by atoms with Crippen LogP contribution in [0.1, 0.15) is 83.1 Å². The van der Waals surface area contributed by atoms with Gasteiger partial charge in [-0.15, -0.1) is 0 Å².